The molecule has 0 aromatic rings. The van der Waals surface area contributed by atoms with Crippen molar-refractivity contribution in [3.8, 4) is 0 Å². The first-order valence-electron chi connectivity index (χ1n) is 7.22. The molecule has 0 aliphatic heterocycles. The molecule has 0 bridgehead atoms. The summed E-state index contributed by atoms with van der Waals surface area (Å²) in [5, 5.41) is 0. The summed E-state index contributed by atoms with van der Waals surface area (Å²) >= 11 is 16.8. The van der Waals surface area contributed by atoms with Crippen LogP contribution in [-0.2, 0) is 29.0 Å². The molecule has 128 valence electrons. The van der Waals surface area contributed by atoms with Crippen molar-refractivity contribution in [3.05, 3.63) is 0 Å². The van der Waals surface area contributed by atoms with Gasteiger partial charge >= 0.3 is 19.5 Å². The zero-order valence-corrected chi connectivity index (χ0v) is 20.3. The summed E-state index contributed by atoms with van der Waals surface area (Å²) in [5.41, 5.74) is 0. The van der Waals surface area contributed by atoms with Crippen LogP contribution in [0.1, 0.15) is 39.5 Å². The van der Waals surface area contributed by atoms with Gasteiger partial charge in [-0.25, -0.2) is 0 Å². The molecule has 0 heterocycles. The van der Waals surface area contributed by atoms with Crippen molar-refractivity contribution in [1.82, 2.24) is 0 Å². The first-order valence-corrected chi connectivity index (χ1v) is 8.93. The van der Waals surface area contributed by atoms with Gasteiger partial charge < -0.3 is 9.47 Å². The molecule has 0 aliphatic carbocycles. The molecular weight excluding hydrogens is 422 g/mol. The Labute approximate surface area is 174 Å². The van der Waals surface area contributed by atoms with Gasteiger partial charge in [-0.05, 0) is 49.7 Å². The Bertz CT molecular complexity index is 311. The van der Waals surface area contributed by atoms with Crippen molar-refractivity contribution >= 4 is 70.9 Å². The molecule has 0 amide bonds. The Morgan fingerprint density at radius 2 is 1.22 bits per heavy atom. The van der Waals surface area contributed by atoms with Crippen LogP contribution in [0.3, 0.4) is 0 Å². The Kier molecular flexibility index (Phi) is 30.3. The van der Waals surface area contributed by atoms with E-state index in [1.54, 1.807) is 0 Å². The number of hydrogen-bond donors (Lipinski definition) is 2. The third kappa shape index (κ3) is 34.7. The van der Waals surface area contributed by atoms with E-state index in [2.05, 4.69) is 73.5 Å². The van der Waals surface area contributed by atoms with Crippen molar-refractivity contribution in [2.24, 2.45) is 9.98 Å². The molecule has 0 aromatic heterocycles. The van der Waals surface area contributed by atoms with Gasteiger partial charge in [-0.1, -0.05) is 51.9 Å². The molecule has 4 nitrogen and oxygen atoms in total. The van der Waals surface area contributed by atoms with Crippen molar-refractivity contribution in [2.45, 2.75) is 39.5 Å². The van der Waals surface area contributed by atoms with Gasteiger partial charge in [-0.15, -0.1) is 0 Å². The van der Waals surface area contributed by atoms with E-state index in [9.17, 15) is 0 Å². The maximum absolute atomic E-state index is 4.90. The minimum Gasteiger partial charge on any atom is -0.477 e. The summed E-state index contributed by atoms with van der Waals surface area (Å²) in [4.78, 5) is 8.18. The predicted octanol–water partition coefficient (Wildman–Crippen LogP) is 4.17. The van der Waals surface area contributed by atoms with Gasteiger partial charge in [-0.2, -0.15) is 0 Å². The standard InChI is InChI=1S/2C7H13NOS2.Zn/c2*1-2-3-4-8-5-6-9-7(10)11;/h2*4H,2-3,5-6H2,1H3,(H,10,11);/q;;+2. The van der Waals surface area contributed by atoms with Crippen LogP contribution in [0.4, 0.5) is 0 Å². The van der Waals surface area contributed by atoms with E-state index in [4.69, 9.17) is 9.47 Å². The fourth-order valence-corrected chi connectivity index (χ4v) is 1.34. The Balaban J connectivity index is -0.000000333. The number of thiol groups is 2. The van der Waals surface area contributed by atoms with Gasteiger partial charge in [0, 0.05) is 0 Å². The molecule has 23 heavy (non-hydrogen) atoms. The van der Waals surface area contributed by atoms with Crippen LogP contribution in [-0.4, -0.2) is 47.5 Å². The number of thiocarbonyl (C=S) groups is 2. The van der Waals surface area contributed by atoms with Gasteiger partial charge in [0.1, 0.15) is 13.2 Å². The SMILES string of the molecule is CCCC=NCCOC(=S)S.CCCC=NCCOC(=S)S.[Zn+2]. The Hall–Kier alpha value is 0.443. The zero-order chi connectivity index (χ0) is 17.1. The maximum Gasteiger partial charge on any atom is 2.00 e. The molecular formula is C14H26N2O2S4Zn+2. The van der Waals surface area contributed by atoms with Crippen LogP contribution in [0.5, 0.6) is 0 Å². The average molecular weight is 448 g/mol. The van der Waals surface area contributed by atoms with Gasteiger partial charge in [0.15, 0.2) is 0 Å². The van der Waals surface area contributed by atoms with E-state index in [1.165, 1.54) is 0 Å². The largest absolute Gasteiger partial charge is 2.00 e. The molecule has 0 aromatic carbocycles. The Morgan fingerprint density at radius 1 is 0.870 bits per heavy atom. The quantitative estimate of drug-likeness (QED) is 0.173. The van der Waals surface area contributed by atoms with Gasteiger partial charge in [0.25, 0.3) is 0 Å². The third-order valence-electron chi connectivity index (χ3n) is 1.99. The van der Waals surface area contributed by atoms with E-state index >= 15 is 0 Å². The zero-order valence-electron chi connectivity index (χ0n) is 13.9. The second-order valence-electron chi connectivity index (χ2n) is 3.98. The molecule has 0 radical (unpaired) electrons. The number of hydrogen-bond acceptors (Lipinski definition) is 6. The minimum atomic E-state index is 0. The van der Waals surface area contributed by atoms with E-state index in [0.29, 0.717) is 26.3 Å². The summed E-state index contributed by atoms with van der Waals surface area (Å²) < 4.78 is 10.4. The number of nitrogens with zero attached hydrogens (tertiary/aromatic N) is 2. The fourth-order valence-electron chi connectivity index (χ4n) is 0.995. The molecule has 9 heteroatoms. The third-order valence-corrected chi connectivity index (χ3v) is 2.48. The van der Waals surface area contributed by atoms with Crippen LogP contribution in [0.15, 0.2) is 9.98 Å². The summed E-state index contributed by atoms with van der Waals surface area (Å²) in [6.07, 6.45) is 8.15. The normalized spacial score (nSPS) is 9.91. The van der Waals surface area contributed by atoms with Crippen molar-refractivity contribution in [2.75, 3.05) is 26.3 Å². The van der Waals surface area contributed by atoms with E-state index < -0.39 is 0 Å². The fraction of sp³-hybridized carbons (Fsp3) is 0.714. The smallest absolute Gasteiger partial charge is 0.477 e. The molecule has 0 aliphatic rings. The molecule has 0 saturated carbocycles. The molecule has 0 N–H and O–H groups in total. The van der Waals surface area contributed by atoms with Crippen LogP contribution in [0.25, 0.3) is 0 Å². The van der Waals surface area contributed by atoms with Gasteiger partial charge in [0.05, 0.1) is 13.1 Å². The molecule has 0 fully saturated rings. The Morgan fingerprint density at radius 3 is 1.48 bits per heavy atom. The van der Waals surface area contributed by atoms with Crippen molar-refractivity contribution in [3.63, 3.8) is 0 Å². The van der Waals surface area contributed by atoms with Crippen LogP contribution >= 0.6 is 49.7 Å². The van der Waals surface area contributed by atoms with Crippen molar-refractivity contribution in [1.29, 1.82) is 0 Å². The van der Waals surface area contributed by atoms with Gasteiger partial charge in [-0.3, -0.25) is 9.98 Å². The average Bonchev–Trinajstić information content (AvgIpc) is 2.46. The number of aliphatic imine (C=N–C) groups is 2. The van der Waals surface area contributed by atoms with Crippen LogP contribution in [0, 0.1) is 0 Å². The van der Waals surface area contributed by atoms with Crippen LogP contribution < -0.4 is 0 Å². The molecule has 0 spiro atoms. The summed E-state index contributed by atoms with van der Waals surface area (Å²) in [6.45, 7) is 6.63. The summed E-state index contributed by atoms with van der Waals surface area (Å²) in [7, 11) is 0. The molecule has 0 saturated heterocycles. The number of rotatable bonds is 10. The topological polar surface area (TPSA) is 43.2 Å². The van der Waals surface area contributed by atoms with Crippen LogP contribution in [0.2, 0.25) is 0 Å². The van der Waals surface area contributed by atoms with E-state index in [0.717, 1.165) is 25.7 Å². The number of unbranched alkanes of at least 4 members (excludes halogenated alkanes) is 2. The first-order chi connectivity index (χ1) is 10.5. The van der Waals surface area contributed by atoms with Crippen molar-refractivity contribution < 1.29 is 29.0 Å². The monoisotopic (exact) mass is 446 g/mol. The second kappa shape index (κ2) is 24.7. The summed E-state index contributed by atoms with van der Waals surface area (Å²) in [5.74, 6) is 0. The second-order valence-corrected chi connectivity index (χ2v) is 6.14. The van der Waals surface area contributed by atoms with E-state index in [1.807, 2.05) is 12.4 Å². The van der Waals surface area contributed by atoms with Gasteiger partial charge in [0.2, 0.25) is 8.77 Å². The maximum atomic E-state index is 4.90. The van der Waals surface area contributed by atoms with E-state index in [-0.39, 0.29) is 28.2 Å². The molecule has 0 atom stereocenters. The predicted molar refractivity (Wildman–Crippen MR) is 112 cm³/mol. The molecule has 0 rings (SSSR count). The summed E-state index contributed by atoms with van der Waals surface area (Å²) in [6, 6.07) is 0. The molecule has 0 unspecified atom stereocenters. The first kappa shape index (κ1) is 28.3. The minimum absolute atomic E-state index is 0. The number of ether oxygens (including phenoxy) is 2.